The number of aromatic nitrogens is 4. The molecule has 1 fully saturated rings. The average Bonchev–Trinajstić information content (AvgIpc) is 3.48. The molecule has 190 valence electrons. The van der Waals surface area contributed by atoms with Gasteiger partial charge in [0.15, 0.2) is 11.2 Å². The number of aromatic amines is 1. The fourth-order valence-corrected chi connectivity index (χ4v) is 5.48. The van der Waals surface area contributed by atoms with Crippen molar-refractivity contribution in [2.75, 3.05) is 17.7 Å². The fraction of sp³-hybridized carbons (Fsp3) is 0.179. The summed E-state index contributed by atoms with van der Waals surface area (Å²) in [6, 6.07) is 22.6. The molecule has 3 atom stereocenters. The molecule has 4 aromatic carbocycles. The van der Waals surface area contributed by atoms with Crippen LogP contribution in [0.15, 0.2) is 71.5 Å². The van der Waals surface area contributed by atoms with Crippen LogP contribution in [0.25, 0.3) is 43.5 Å². The summed E-state index contributed by atoms with van der Waals surface area (Å²) in [6.45, 7) is -0.342. The molecule has 1 saturated heterocycles. The summed E-state index contributed by atoms with van der Waals surface area (Å²) < 4.78 is 7.57. The van der Waals surface area contributed by atoms with E-state index in [9.17, 15) is 15.0 Å². The van der Waals surface area contributed by atoms with Crippen LogP contribution in [-0.4, -0.2) is 48.5 Å². The summed E-state index contributed by atoms with van der Waals surface area (Å²) in [5.74, 6) is 0.249. The Bertz CT molecular complexity index is 1930. The number of H-pyrrole nitrogens is 1. The van der Waals surface area contributed by atoms with Gasteiger partial charge in [0, 0.05) is 17.5 Å². The summed E-state index contributed by atoms with van der Waals surface area (Å²) in [4.78, 5) is 24.1. The Morgan fingerprint density at radius 2 is 1.74 bits per heavy atom. The van der Waals surface area contributed by atoms with Crippen molar-refractivity contribution in [3.05, 3.63) is 77.1 Å². The van der Waals surface area contributed by atoms with Crippen molar-refractivity contribution >= 4 is 61.1 Å². The average molecular weight is 509 g/mol. The number of benzene rings is 4. The number of ether oxygens (including phenoxy) is 1. The van der Waals surface area contributed by atoms with Gasteiger partial charge in [-0.1, -0.05) is 60.7 Å². The molecule has 1 aliphatic rings. The first-order valence-electron chi connectivity index (χ1n) is 12.3. The Kier molecular flexibility index (Phi) is 5.08. The molecular weight excluding hydrogens is 484 g/mol. The summed E-state index contributed by atoms with van der Waals surface area (Å²) in [7, 11) is 0. The number of nitrogens with two attached hydrogens (primary N) is 1. The van der Waals surface area contributed by atoms with Crippen molar-refractivity contribution < 1.29 is 14.9 Å². The van der Waals surface area contributed by atoms with Gasteiger partial charge in [-0.05, 0) is 33.0 Å². The van der Waals surface area contributed by atoms with E-state index in [1.165, 1.54) is 0 Å². The van der Waals surface area contributed by atoms with E-state index in [1.54, 1.807) is 4.57 Å². The lowest BCUT2D eigenvalue weighted by Gasteiger charge is -2.18. The first kappa shape index (κ1) is 22.7. The molecule has 3 heterocycles. The predicted octanol–water partition coefficient (Wildman–Crippen LogP) is 3.55. The number of nitrogens with zero attached hydrogens (tertiary/aromatic N) is 3. The maximum atomic E-state index is 12.7. The van der Waals surface area contributed by atoms with Crippen LogP contribution < -0.4 is 16.6 Å². The van der Waals surface area contributed by atoms with Gasteiger partial charge in [0.05, 0.1) is 12.7 Å². The lowest BCUT2D eigenvalue weighted by Crippen LogP contribution is -2.24. The number of hydrogen-bond donors (Lipinski definition) is 5. The van der Waals surface area contributed by atoms with E-state index < -0.39 is 24.0 Å². The van der Waals surface area contributed by atoms with Crippen LogP contribution in [0.5, 0.6) is 0 Å². The molecule has 38 heavy (non-hydrogen) atoms. The molecule has 0 radical (unpaired) electrons. The number of hydrogen-bond acceptors (Lipinski definition) is 8. The van der Waals surface area contributed by atoms with Crippen molar-refractivity contribution in [1.29, 1.82) is 0 Å². The molecule has 6 aromatic rings. The molecule has 10 heteroatoms. The lowest BCUT2D eigenvalue weighted by molar-refractivity contribution is -0.0425. The zero-order chi connectivity index (χ0) is 26.0. The molecule has 0 bridgehead atoms. The summed E-state index contributed by atoms with van der Waals surface area (Å²) in [5, 5.41) is 30.0. The molecule has 0 aliphatic carbocycles. The van der Waals surface area contributed by atoms with Crippen LogP contribution in [0.2, 0.25) is 0 Å². The van der Waals surface area contributed by atoms with Crippen LogP contribution >= 0.6 is 0 Å². The first-order chi connectivity index (χ1) is 18.5. The number of nitrogen functional groups attached to an aromatic ring is 1. The van der Waals surface area contributed by atoms with Crippen molar-refractivity contribution in [1.82, 2.24) is 19.5 Å². The quantitative estimate of drug-likeness (QED) is 0.227. The number of anilines is 3. The Morgan fingerprint density at radius 3 is 2.53 bits per heavy atom. The van der Waals surface area contributed by atoms with E-state index in [1.807, 2.05) is 30.3 Å². The molecule has 1 aliphatic heterocycles. The number of rotatable bonds is 4. The second-order valence-electron chi connectivity index (χ2n) is 9.52. The van der Waals surface area contributed by atoms with E-state index in [2.05, 4.69) is 56.7 Å². The molecule has 10 nitrogen and oxygen atoms in total. The smallest absolute Gasteiger partial charge is 0.280 e. The van der Waals surface area contributed by atoms with Gasteiger partial charge in [-0.2, -0.15) is 4.98 Å². The molecule has 0 spiro atoms. The standard InChI is InChI=1S/C28H24N6O4/c29-27-32-25-24(26(37)33-27)31-28(34(25)23-12-21(36)22(13-35)38-23)30-20-11-19-15-6-2-1-5-14(15)9-10-17(19)16-7-3-4-8-18(16)20/h1-11,21-23,35-36H,12-13H2,(H,30,31)(H3,29,32,33,37). The van der Waals surface area contributed by atoms with Crippen LogP contribution in [0.3, 0.4) is 0 Å². The van der Waals surface area contributed by atoms with E-state index in [0.29, 0.717) is 5.95 Å². The molecule has 3 unspecified atom stereocenters. The Labute approximate surface area is 215 Å². The van der Waals surface area contributed by atoms with Gasteiger partial charge in [0.1, 0.15) is 12.3 Å². The number of aliphatic hydroxyl groups is 2. The Hall–Kier alpha value is -4.51. The summed E-state index contributed by atoms with van der Waals surface area (Å²) in [6.07, 6.45) is -2.20. The van der Waals surface area contributed by atoms with Gasteiger partial charge in [-0.25, -0.2) is 4.98 Å². The van der Waals surface area contributed by atoms with E-state index >= 15 is 0 Å². The highest BCUT2D eigenvalue weighted by Gasteiger charge is 2.37. The third kappa shape index (κ3) is 3.42. The number of aliphatic hydroxyl groups excluding tert-OH is 2. The van der Waals surface area contributed by atoms with Crippen molar-refractivity contribution in [3.63, 3.8) is 0 Å². The molecule has 2 aromatic heterocycles. The number of imidazole rings is 1. The van der Waals surface area contributed by atoms with Gasteiger partial charge >= 0.3 is 0 Å². The van der Waals surface area contributed by atoms with Crippen molar-refractivity contribution in [2.45, 2.75) is 24.9 Å². The van der Waals surface area contributed by atoms with Gasteiger partial charge in [-0.15, -0.1) is 0 Å². The Morgan fingerprint density at radius 1 is 1.00 bits per heavy atom. The third-order valence-corrected chi connectivity index (χ3v) is 7.25. The van der Waals surface area contributed by atoms with E-state index in [4.69, 9.17) is 10.5 Å². The second-order valence-corrected chi connectivity index (χ2v) is 9.52. The fourth-order valence-electron chi connectivity index (χ4n) is 5.48. The van der Waals surface area contributed by atoms with Crippen LogP contribution in [0.4, 0.5) is 17.6 Å². The van der Waals surface area contributed by atoms with Gasteiger partial charge in [-0.3, -0.25) is 14.3 Å². The Balaban J connectivity index is 1.47. The molecule has 0 saturated carbocycles. The highest BCUT2D eigenvalue weighted by Crippen LogP contribution is 2.39. The van der Waals surface area contributed by atoms with E-state index in [-0.39, 0.29) is 30.1 Å². The first-order valence-corrected chi connectivity index (χ1v) is 12.3. The monoisotopic (exact) mass is 508 g/mol. The number of nitrogens with one attached hydrogen (secondary N) is 2. The summed E-state index contributed by atoms with van der Waals surface area (Å²) in [5.41, 5.74) is 6.47. The zero-order valence-electron chi connectivity index (χ0n) is 20.1. The number of fused-ring (bicyclic) bond motifs is 6. The van der Waals surface area contributed by atoms with Crippen LogP contribution in [-0.2, 0) is 4.74 Å². The van der Waals surface area contributed by atoms with Crippen LogP contribution in [0.1, 0.15) is 12.6 Å². The highest BCUT2D eigenvalue weighted by atomic mass is 16.5. The van der Waals surface area contributed by atoms with Crippen LogP contribution in [0, 0.1) is 0 Å². The zero-order valence-corrected chi connectivity index (χ0v) is 20.1. The molecule has 6 N–H and O–H groups in total. The molecule has 7 rings (SSSR count). The second kappa shape index (κ2) is 8.52. The van der Waals surface area contributed by atoms with Crippen molar-refractivity contribution in [2.24, 2.45) is 0 Å². The van der Waals surface area contributed by atoms with Crippen molar-refractivity contribution in [3.8, 4) is 0 Å². The molecular formula is C28H24N6O4. The SMILES string of the molecule is Nc1nc2c(nc(Nc3cc4c5ccccc5ccc4c4ccccc34)n2C2CC(O)C(CO)O2)c(=O)[nH]1. The molecule has 0 amide bonds. The normalized spacial score (nSPS) is 19.7. The minimum Gasteiger partial charge on any atom is -0.394 e. The summed E-state index contributed by atoms with van der Waals surface area (Å²) >= 11 is 0. The largest absolute Gasteiger partial charge is 0.394 e. The topological polar surface area (TPSA) is 151 Å². The minimum atomic E-state index is -0.887. The van der Waals surface area contributed by atoms with E-state index in [0.717, 1.165) is 38.0 Å². The maximum absolute atomic E-state index is 12.7. The predicted molar refractivity (Wildman–Crippen MR) is 146 cm³/mol. The van der Waals surface area contributed by atoms with Gasteiger partial charge < -0.3 is 26.0 Å². The third-order valence-electron chi connectivity index (χ3n) is 7.25. The van der Waals surface area contributed by atoms with Gasteiger partial charge in [0.2, 0.25) is 11.9 Å². The lowest BCUT2D eigenvalue weighted by atomic mass is 9.96. The van der Waals surface area contributed by atoms with Gasteiger partial charge in [0.25, 0.3) is 5.56 Å². The minimum absolute atomic E-state index is 0.0601. The maximum Gasteiger partial charge on any atom is 0.280 e. The highest BCUT2D eigenvalue weighted by molar-refractivity contribution is 6.20.